The van der Waals surface area contributed by atoms with Gasteiger partial charge in [0.15, 0.2) is 0 Å². The van der Waals surface area contributed by atoms with Crippen molar-refractivity contribution in [3.8, 4) is 6.07 Å². The molecule has 0 heterocycles. The summed E-state index contributed by atoms with van der Waals surface area (Å²) in [5.41, 5.74) is 1.23. The monoisotopic (exact) mass is 280 g/mol. The van der Waals surface area contributed by atoms with Crippen LogP contribution in [0.5, 0.6) is 0 Å². The normalized spacial score (nSPS) is 13.5. The van der Waals surface area contributed by atoms with E-state index < -0.39 is 10.0 Å². The third-order valence-electron chi connectivity index (χ3n) is 3.41. The van der Waals surface area contributed by atoms with Crippen LogP contribution >= 0.6 is 0 Å². The second-order valence-corrected chi connectivity index (χ2v) is 7.09. The molecule has 5 heteroatoms. The van der Waals surface area contributed by atoms with E-state index in [0.717, 1.165) is 0 Å². The van der Waals surface area contributed by atoms with Gasteiger partial charge in [-0.15, -0.1) is 0 Å². The summed E-state index contributed by atoms with van der Waals surface area (Å²) in [6.07, 6.45) is 0. The molecule has 0 saturated carbocycles. The van der Waals surface area contributed by atoms with Crippen molar-refractivity contribution in [3.63, 3.8) is 0 Å². The lowest BCUT2D eigenvalue weighted by Gasteiger charge is -2.27. The zero-order valence-corrected chi connectivity index (χ0v) is 12.6. The molecular formula is C14H20N2O2S. The maximum Gasteiger partial charge on any atom is 0.218 e. The molecule has 0 spiro atoms. The van der Waals surface area contributed by atoms with Gasteiger partial charge in [-0.05, 0) is 30.5 Å². The molecule has 0 aliphatic heterocycles. The minimum absolute atomic E-state index is 0.0354. The standard InChI is InChI=1S/C14H20N2O2S/c1-11(2)12(3)16(4)19(17,18)10-14-7-5-13(9-15)6-8-14/h5-8,11-12H,10H2,1-4H3. The van der Waals surface area contributed by atoms with Crippen LogP contribution in [-0.4, -0.2) is 25.8 Å². The fourth-order valence-electron chi connectivity index (χ4n) is 1.66. The molecule has 4 nitrogen and oxygen atoms in total. The molecule has 0 aliphatic rings. The van der Waals surface area contributed by atoms with Gasteiger partial charge < -0.3 is 0 Å². The molecule has 1 rings (SSSR count). The Bertz CT molecular complexity index is 556. The summed E-state index contributed by atoms with van der Waals surface area (Å²) in [4.78, 5) is 0. The Morgan fingerprint density at radius 3 is 2.16 bits per heavy atom. The zero-order chi connectivity index (χ0) is 14.6. The molecule has 0 aliphatic carbocycles. The van der Waals surface area contributed by atoms with E-state index >= 15 is 0 Å². The number of nitriles is 1. The first-order valence-corrected chi connectivity index (χ1v) is 7.83. The molecular weight excluding hydrogens is 260 g/mol. The maximum absolute atomic E-state index is 12.3. The third kappa shape index (κ3) is 4.05. The summed E-state index contributed by atoms with van der Waals surface area (Å²) in [5, 5.41) is 8.71. The fraction of sp³-hybridized carbons (Fsp3) is 0.500. The molecule has 0 fully saturated rings. The minimum atomic E-state index is -3.33. The van der Waals surface area contributed by atoms with Crippen LogP contribution in [-0.2, 0) is 15.8 Å². The van der Waals surface area contributed by atoms with E-state index in [2.05, 4.69) is 0 Å². The van der Waals surface area contributed by atoms with E-state index in [0.29, 0.717) is 11.1 Å². The van der Waals surface area contributed by atoms with Gasteiger partial charge >= 0.3 is 0 Å². The van der Waals surface area contributed by atoms with E-state index in [1.165, 1.54) is 4.31 Å². The van der Waals surface area contributed by atoms with Crippen LogP contribution in [0.25, 0.3) is 0 Å². The van der Waals surface area contributed by atoms with Gasteiger partial charge in [-0.1, -0.05) is 26.0 Å². The van der Waals surface area contributed by atoms with Crippen molar-refractivity contribution in [1.82, 2.24) is 4.31 Å². The van der Waals surface area contributed by atoms with Gasteiger partial charge in [0.05, 0.1) is 17.4 Å². The van der Waals surface area contributed by atoms with Gasteiger partial charge in [-0.25, -0.2) is 12.7 Å². The molecule has 0 bridgehead atoms. The van der Waals surface area contributed by atoms with E-state index in [-0.39, 0.29) is 17.7 Å². The maximum atomic E-state index is 12.3. The second kappa shape index (κ2) is 6.18. The molecule has 1 aromatic carbocycles. The molecule has 104 valence electrons. The number of rotatable bonds is 5. The largest absolute Gasteiger partial charge is 0.218 e. The Kier molecular flexibility index (Phi) is 5.10. The van der Waals surface area contributed by atoms with Gasteiger partial charge in [0.2, 0.25) is 10.0 Å². The molecule has 0 aromatic heterocycles. The number of sulfonamides is 1. The SMILES string of the molecule is CC(C)C(C)N(C)S(=O)(=O)Cc1ccc(C#N)cc1. The predicted molar refractivity (Wildman–Crippen MR) is 75.8 cm³/mol. The Morgan fingerprint density at radius 2 is 1.74 bits per heavy atom. The van der Waals surface area contributed by atoms with Crippen molar-refractivity contribution in [1.29, 1.82) is 5.26 Å². The van der Waals surface area contributed by atoms with Crippen molar-refractivity contribution in [3.05, 3.63) is 35.4 Å². The molecule has 1 atom stereocenters. The van der Waals surface area contributed by atoms with Crippen LogP contribution < -0.4 is 0 Å². The van der Waals surface area contributed by atoms with Gasteiger partial charge in [-0.3, -0.25) is 0 Å². The molecule has 1 aromatic rings. The van der Waals surface area contributed by atoms with Crippen molar-refractivity contribution < 1.29 is 8.42 Å². The van der Waals surface area contributed by atoms with Crippen molar-refractivity contribution in [2.45, 2.75) is 32.6 Å². The van der Waals surface area contributed by atoms with Crippen LogP contribution in [0.4, 0.5) is 0 Å². The number of nitrogens with zero attached hydrogens (tertiary/aromatic N) is 2. The van der Waals surface area contributed by atoms with Gasteiger partial charge in [0, 0.05) is 13.1 Å². The average molecular weight is 280 g/mol. The molecule has 0 N–H and O–H groups in total. The third-order valence-corrected chi connectivity index (χ3v) is 5.32. The van der Waals surface area contributed by atoms with Crippen LogP contribution in [0, 0.1) is 17.2 Å². The summed E-state index contributed by atoms with van der Waals surface area (Å²) in [6, 6.07) is 8.61. The first kappa shape index (κ1) is 15.7. The van der Waals surface area contributed by atoms with Gasteiger partial charge in [0.1, 0.15) is 0 Å². The number of benzene rings is 1. The smallest absolute Gasteiger partial charge is 0.212 e. The van der Waals surface area contributed by atoms with Crippen LogP contribution in [0.15, 0.2) is 24.3 Å². The molecule has 1 unspecified atom stereocenters. The number of hydrogen-bond donors (Lipinski definition) is 0. The lowest BCUT2D eigenvalue weighted by Crippen LogP contribution is -2.38. The quantitative estimate of drug-likeness (QED) is 0.832. The lowest BCUT2D eigenvalue weighted by atomic mass is 10.1. The summed E-state index contributed by atoms with van der Waals surface area (Å²) in [5.74, 6) is 0.229. The highest BCUT2D eigenvalue weighted by molar-refractivity contribution is 7.88. The molecule has 0 amide bonds. The van der Waals surface area contributed by atoms with Crippen LogP contribution in [0.3, 0.4) is 0 Å². The lowest BCUT2D eigenvalue weighted by molar-refractivity contribution is 0.315. The predicted octanol–water partition coefficient (Wildman–Crippen LogP) is 2.36. The average Bonchev–Trinajstić information content (AvgIpc) is 2.37. The van der Waals surface area contributed by atoms with Gasteiger partial charge in [0.25, 0.3) is 0 Å². The van der Waals surface area contributed by atoms with Crippen LogP contribution in [0.1, 0.15) is 31.9 Å². The van der Waals surface area contributed by atoms with Crippen molar-refractivity contribution >= 4 is 10.0 Å². The number of hydrogen-bond acceptors (Lipinski definition) is 3. The van der Waals surface area contributed by atoms with Crippen LogP contribution in [0.2, 0.25) is 0 Å². The van der Waals surface area contributed by atoms with Gasteiger partial charge in [-0.2, -0.15) is 5.26 Å². The summed E-state index contributed by atoms with van der Waals surface area (Å²) in [7, 11) is -1.71. The Labute approximate surface area is 115 Å². The second-order valence-electron chi connectivity index (χ2n) is 5.07. The first-order valence-electron chi connectivity index (χ1n) is 6.22. The topological polar surface area (TPSA) is 61.2 Å². The highest BCUT2D eigenvalue weighted by atomic mass is 32.2. The van der Waals surface area contributed by atoms with E-state index in [1.807, 2.05) is 26.8 Å². The summed E-state index contributed by atoms with van der Waals surface area (Å²) in [6.45, 7) is 5.90. The highest BCUT2D eigenvalue weighted by Crippen LogP contribution is 2.16. The highest BCUT2D eigenvalue weighted by Gasteiger charge is 2.25. The summed E-state index contributed by atoms with van der Waals surface area (Å²) < 4.78 is 25.9. The fourth-order valence-corrected chi connectivity index (χ4v) is 3.23. The first-order chi connectivity index (χ1) is 8.77. The van der Waals surface area contributed by atoms with E-state index in [1.54, 1.807) is 31.3 Å². The molecule has 19 heavy (non-hydrogen) atoms. The summed E-state index contributed by atoms with van der Waals surface area (Å²) >= 11 is 0. The van der Waals surface area contributed by atoms with Crippen molar-refractivity contribution in [2.75, 3.05) is 7.05 Å². The molecule has 0 radical (unpaired) electrons. The Morgan fingerprint density at radius 1 is 1.21 bits per heavy atom. The minimum Gasteiger partial charge on any atom is -0.212 e. The zero-order valence-electron chi connectivity index (χ0n) is 11.8. The Hall–Kier alpha value is -1.38. The Balaban J connectivity index is 2.87. The van der Waals surface area contributed by atoms with Crippen molar-refractivity contribution in [2.24, 2.45) is 5.92 Å². The van der Waals surface area contributed by atoms with E-state index in [4.69, 9.17) is 5.26 Å². The molecule has 0 saturated heterocycles. The van der Waals surface area contributed by atoms with E-state index in [9.17, 15) is 8.42 Å².